The van der Waals surface area contributed by atoms with Crippen molar-refractivity contribution in [3.8, 4) is 0 Å². The number of nitro groups is 1. The molecule has 1 aromatic carbocycles. The molecule has 0 aliphatic heterocycles. The molecule has 2 rings (SSSR count). The highest BCUT2D eigenvalue weighted by Gasteiger charge is 2.30. The second kappa shape index (κ2) is 5.24. The zero-order valence-electron chi connectivity index (χ0n) is 10.2. The third kappa shape index (κ3) is 3.00. The van der Waals surface area contributed by atoms with Gasteiger partial charge >= 0.3 is 0 Å². The van der Waals surface area contributed by atoms with Crippen molar-refractivity contribution in [3.63, 3.8) is 0 Å². The normalized spacial score (nSPS) is 18.6. The molecule has 0 spiro atoms. The summed E-state index contributed by atoms with van der Waals surface area (Å²) in [5.41, 5.74) is 6.82. The van der Waals surface area contributed by atoms with Gasteiger partial charge in [-0.05, 0) is 25.3 Å². The molecule has 1 aliphatic rings. The molecule has 0 heterocycles. The Bertz CT molecular complexity index is 456. The molecule has 0 bridgehead atoms. The Morgan fingerprint density at radius 1 is 1.33 bits per heavy atom. The molecule has 98 valence electrons. The van der Waals surface area contributed by atoms with E-state index in [0.29, 0.717) is 17.0 Å². The highest BCUT2D eigenvalue weighted by atomic mass is 35.5. The third-order valence-corrected chi connectivity index (χ3v) is 3.87. The van der Waals surface area contributed by atoms with Crippen molar-refractivity contribution in [2.45, 2.75) is 44.1 Å². The van der Waals surface area contributed by atoms with Crippen LogP contribution in [0.15, 0.2) is 18.2 Å². The van der Waals surface area contributed by atoms with Gasteiger partial charge < -0.3 is 5.73 Å². The van der Waals surface area contributed by atoms with Gasteiger partial charge in [-0.25, -0.2) is 0 Å². The van der Waals surface area contributed by atoms with Crippen LogP contribution in [0.4, 0.5) is 5.69 Å². The SMILES string of the molecule is NC1(Cc2ccc(Cl)cc2[N+](=O)[O-])CCCCC1. The number of nitrogens with two attached hydrogens (primary N) is 1. The van der Waals surface area contributed by atoms with Gasteiger partial charge in [-0.15, -0.1) is 0 Å². The van der Waals surface area contributed by atoms with Gasteiger partial charge in [0, 0.05) is 22.2 Å². The van der Waals surface area contributed by atoms with Crippen molar-refractivity contribution in [2.75, 3.05) is 0 Å². The lowest BCUT2D eigenvalue weighted by Gasteiger charge is -2.33. The standard InChI is InChI=1S/C13H17ClN2O2/c14-11-5-4-10(12(8-11)16(17)18)9-13(15)6-2-1-3-7-13/h4-5,8H,1-3,6-7,9,15H2. The summed E-state index contributed by atoms with van der Waals surface area (Å²) in [6, 6.07) is 4.82. The van der Waals surface area contributed by atoms with E-state index in [4.69, 9.17) is 17.3 Å². The maximum Gasteiger partial charge on any atom is 0.274 e. The van der Waals surface area contributed by atoms with Crippen molar-refractivity contribution < 1.29 is 4.92 Å². The van der Waals surface area contributed by atoms with Crippen molar-refractivity contribution >= 4 is 17.3 Å². The third-order valence-electron chi connectivity index (χ3n) is 3.64. The molecule has 0 atom stereocenters. The second-order valence-corrected chi connectivity index (χ2v) is 5.57. The zero-order chi connectivity index (χ0) is 13.2. The Hall–Kier alpha value is -1.13. The number of nitrogens with zero attached hydrogens (tertiary/aromatic N) is 1. The number of benzene rings is 1. The molecule has 2 N–H and O–H groups in total. The minimum Gasteiger partial charge on any atom is -0.325 e. The maximum absolute atomic E-state index is 11.0. The largest absolute Gasteiger partial charge is 0.325 e. The summed E-state index contributed by atoms with van der Waals surface area (Å²) in [5, 5.41) is 11.4. The Labute approximate surface area is 111 Å². The van der Waals surface area contributed by atoms with Crippen LogP contribution < -0.4 is 5.73 Å². The molecule has 1 aliphatic carbocycles. The monoisotopic (exact) mass is 268 g/mol. The van der Waals surface area contributed by atoms with E-state index in [9.17, 15) is 10.1 Å². The van der Waals surface area contributed by atoms with Crippen LogP contribution in [0, 0.1) is 10.1 Å². The Morgan fingerprint density at radius 2 is 2.00 bits per heavy atom. The highest BCUT2D eigenvalue weighted by Crippen LogP contribution is 2.32. The first-order valence-electron chi connectivity index (χ1n) is 6.22. The predicted molar refractivity (Wildman–Crippen MR) is 71.8 cm³/mol. The minimum absolute atomic E-state index is 0.0814. The van der Waals surface area contributed by atoms with Crippen LogP contribution in [-0.2, 0) is 6.42 Å². The van der Waals surface area contributed by atoms with Crippen LogP contribution in [0.1, 0.15) is 37.7 Å². The first-order valence-corrected chi connectivity index (χ1v) is 6.60. The van der Waals surface area contributed by atoms with E-state index in [1.807, 2.05) is 0 Å². The van der Waals surface area contributed by atoms with Gasteiger partial charge in [-0.3, -0.25) is 10.1 Å². The lowest BCUT2D eigenvalue weighted by Crippen LogP contribution is -2.43. The number of hydrogen-bond donors (Lipinski definition) is 1. The summed E-state index contributed by atoms with van der Waals surface area (Å²) < 4.78 is 0. The van der Waals surface area contributed by atoms with Gasteiger partial charge in [-0.1, -0.05) is 36.9 Å². The van der Waals surface area contributed by atoms with E-state index in [0.717, 1.165) is 25.7 Å². The molecule has 1 aromatic rings. The average molecular weight is 269 g/mol. The van der Waals surface area contributed by atoms with E-state index >= 15 is 0 Å². The summed E-state index contributed by atoms with van der Waals surface area (Å²) in [5.74, 6) is 0. The summed E-state index contributed by atoms with van der Waals surface area (Å²) in [4.78, 5) is 10.6. The van der Waals surface area contributed by atoms with Crippen LogP contribution in [0.5, 0.6) is 0 Å². The molecule has 5 heteroatoms. The quantitative estimate of drug-likeness (QED) is 0.674. The molecule has 1 fully saturated rings. The lowest BCUT2D eigenvalue weighted by atomic mass is 9.78. The highest BCUT2D eigenvalue weighted by molar-refractivity contribution is 6.30. The Morgan fingerprint density at radius 3 is 2.61 bits per heavy atom. The maximum atomic E-state index is 11.0. The minimum atomic E-state index is -0.382. The number of halogens is 1. The van der Waals surface area contributed by atoms with E-state index in [-0.39, 0.29) is 16.1 Å². The summed E-state index contributed by atoms with van der Waals surface area (Å²) in [6.45, 7) is 0. The van der Waals surface area contributed by atoms with Crippen molar-refractivity contribution in [1.29, 1.82) is 0 Å². The average Bonchev–Trinajstić information content (AvgIpc) is 2.32. The van der Waals surface area contributed by atoms with E-state index in [2.05, 4.69) is 0 Å². The smallest absolute Gasteiger partial charge is 0.274 e. The molecular formula is C13H17ClN2O2. The fourth-order valence-corrected chi connectivity index (χ4v) is 2.83. The van der Waals surface area contributed by atoms with Gasteiger partial charge in [0.1, 0.15) is 0 Å². The van der Waals surface area contributed by atoms with Crippen LogP contribution in [0.25, 0.3) is 0 Å². The van der Waals surface area contributed by atoms with Crippen molar-refractivity contribution in [2.24, 2.45) is 5.73 Å². The fraction of sp³-hybridized carbons (Fsp3) is 0.538. The molecule has 0 amide bonds. The lowest BCUT2D eigenvalue weighted by molar-refractivity contribution is -0.385. The van der Waals surface area contributed by atoms with Gasteiger partial charge in [0.05, 0.1) is 4.92 Å². The molecule has 4 nitrogen and oxygen atoms in total. The van der Waals surface area contributed by atoms with E-state index < -0.39 is 0 Å². The number of hydrogen-bond acceptors (Lipinski definition) is 3. The first kappa shape index (κ1) is 13.3. The number of rotatable bonds is 3. The molecule has 0 aromatic heterocycles. The van der Waals surface area contributed by atoms with Gasteiger partial charge in [-0.2, -0.15) is 0 Å². The van der Waals surface area contributed by atoms with E-state index in [1.54, 1.807) is 12.1 Å². The van der Waals surface area contributed by atoms with E-state index in [1.165, 1.54) is 12.5 Å². The summed E-state index contributed by atoms with van der Waals surface area (Å²) >= 11 is 5.80. The summed E-state index contributed by atoms with van der Waals surface area (Å²) in [7, 11) is 0. The van der Waals surface area contributed by atoms with Gasteiger partial charge in [0.25, 0.3) is 5.69 Å². The van der Waals surface area contributed by atoms with Crippen LogP contribution in [0.3, 0.4) is 0 Å². The first-order chi connectivity index (χ1) is 8.50. The summed E-state index contributed by atoms with van der Waals surface area (Å²) in [6.07, 6.45) is 5.86. The second-order valence-electron chi connectivity index (χ2n) is 5.13. The van der Waals surface area contributed by atoms with Crippen LogP contribution in [0.2, 0.25) is 5.02 Å². The Balaban J connectivity index is 2.25. The van der Waals surface area contributed by atoms with Crippen molar-refractivity contribution in [1.82, 2.24) is 0 Å². The Kier molecular flexibility index (Phi) is 3.88. The molecule has 0 saturated heterocycles. The molecule has 1 saturated carbocycles. The zero-order valence-corrected chi connectivity index (χ0v) is 10.9. The van der Waals surface area contributed by atoms with Crippen molar-refractivity contribution in [3.05, 3.63) is 38.9 Å². The molecular weight excluding hydrogens is 252 g/mol. The van der Waals surface area contributed by atoms with Gasteiger partial charge in [0.15, 0.2) is 0 Å². The number of nitro benzene ring substituents is 1. The predicted octanol–water partition coefficient (Wildman–Crippen LogP) is 3.45. The van der Waals surface area contributed by atoms with Gasteiger partial charge in [0.2, 0.25) is 0 Å². The molecule has 0 radical (unpaired) electrons. The van der Waals surface area contributed by atoms with Crippen LogP contribution in [-0.4, -0.2) is 10.5 Å². The fourth-order valence-electron chi connectivity index (χ4n) is 2.67. The molecule has 18 heavy (non-hydrogen) atoms. The van der Waals surface area contributed by atoms with Crippen LogP contribution >= 0.6 is 11.6 Å². The molecule has 0 unspecified atom stereocenters. The topological polar surface area (TPSA) is 69.2 Å².